The van der Waals surface area contributed by atoms with Gasteiger partial charge in [0.15, 0.2) is 5.12 Å². The molecule has 236 valence electrons. The number of nitrogens with zero attached hydrogens (tertiary/aromatic N) is 1. The Morgan fingerprint density at radius 2 is 1.86 bits per heavy atom. The van der Waals surface area contributed by atoms with Crippen molar-refractivity contribution in [3.05, 3.63) is 53.0 Å². The van der Waals surface area contributed by atoms with Crippen LogP contribution in [0.2, 0.25) is 0 Å². The van der Waals surface area contributed by atoms with E-state index in [9.17, 15) is 24.0 Å². The third-order valence-electron chi connectivity index (χ3n) is 6.86. The van der Waals surface area contributed by atoms with E-state index in [0.717, 1.165) is 19.3 Å². The maximum atomic E-state index is 13.2. The van der Waals surface area contributed by atoms with E-state index in [1.54, 1.807) is 52.0 Å². The molecule has 0 fully saturated rings. The molecule has 2 heterocycles. The number of fused-ring (bicyclic) bond motifs is 2. The van der Waals surface area contributed by atoms with Gasteiger partial charge in [-0.05, 0) is 50.3 Å². The first kappa shape index (κ1) is 35.7. The number of aryl methyl sites for hydroxylation is 1. The molecule has 0 aromatic carbocycles. The summed E-state index contributed by atoms with van der Waals surface area (Å²) in [5.41, 5.74) is 1.16. The van der Waals surface area contributed by atoms with Gasteiger partial charge >= 0.3 is 5.97 Å². The van der Waals surface area contributed by atoms with Crippen molar-refractivity contribution in [3.8, 4) is 0 Å². The van der Waals surface area contributed by atoms with Crippen molar-refractivity contribution >= 4 is 40.6 Å². The molecule has 3 N–H and O–H groups in total. The van der Waals surface area contributed by atoms with E-state index in [1.807, 2.05) is 0 Å². The Balaban J connectivity index is 2.17. The highest BCUT2D eigenvalue weighted by Gasteiger charge is 2.30. The van der Waals surface area contributed by atoms with E-state index in [-0.39, 0.29) is 41.3 Å². The van der Waals surface area contributed by atoms with E-state index in [0.29, 0.717) is 29.9 Å². The van der Waals surface area contributed by atoms with Crippen LogP contribution in [0.4, 0.5) is 0 Å². The normalized spacial score (nSPS) is 19.7. The molecule has 2 rings (SSSR count). The molecule has 1 aromatic heterocycles. The van der Waals surface area contributed by atoms with Crippen molar-refractivity contribution < 1.29 is 28.7 Å². The molecule has 0 aliphatic carbocycles. The predicted molar refractivity (Wildman–Crippen MR) is 168 cm³/mol. The fraction of sp³-hybridized carbons (Fsp3) is 0.562. The number of rotatable bonds is 11. The van der Waals surface area contributed by atoms with E-state index in [2.05, 4.69) is 27.9 Å². The molecule has 1 aliphatic heterocycles. The van der Waals surface area contributed by atoms with Crippen LogP contribution in [-0.2, 0) is 30.5 Å². The van der Waals surface area contributed by atoms with Crippen molar-refractivity contribution in [2.75, 3.05) is 5.75 Å². The van der Waals surface area contributed by atoms with Gasteiger partial charge in [0.2, 0.25) is 5.91 Å². The summed E-state index contributed by atoms with van der Waals surface area (Å²) in [7, 11) is 0. The summed E-state index contributed by atoms with van der Waals surface area (Å²) in [6.07, 6.45) is 10.5. The highest BCUT2D eigenvalue weighted by atomic mass is 32.2. The molecule has 1 aliphatic rings. The molecule has 3 amide bonds. The zero-order valence-electron chi connectivity index (χ0n) is 26.0. The number of esters is 1. The van der Waals surface area contributed by atoms with Crippen LogP contribution in [0.25, 0.3) is 0 Å². The molecule has 0 spiro atoms. The molecule has 0 unspecified atom stereocenters. The number of hydrogen-bond acceptors (Lipinski definition) is 8. The second-order valence-electron chi connectivity index (χ2n) is 10.9. The van der Waals surface area contributed by atoms with E-state index < -0.39 is 29.9 Å². The summed E-state index contributed by atoms with van der Waals surface area (Å²) < 4.78 is 5.71. The van der Waals surface area contributed by atoms with Gasteiger partial charge in [-0.15, -0.1) is 0 Å². The van der Waals surface area contributed by atoms with Gasteiger partial charge in [0.1, 0.15) is 23.5 Å². The van der Waals surface area contributed by atoms with Gasteiger partial charge in [0, 0.05) is 12.2 Å². The van der Waals surface area contributed by atoms with Gasteiger partial charge in [-0.1, -0.05) is 76.4 Å². The standard InChI is InChI=1S/C32H46N4O6S/c1-6-8-9-10-11-15-27(38)43-18-13-12-14-24-19-26(37)33-20-23-17-16-22(5)29(34-23)31(40)35-25(7-2)30(39)36-28(21(3)4)32(41)42-24/h7,12,14,16-17,21,24,28H,6,8-11,13,15,18-20H2,1-5H3,(H,33,37)(H,35,40)(H,36,39)/b14-12+,25-7-/t24-,28+/m1/s1. The van der Waals surface area contributed by atoms with Crippen LogP contribution >= 0.6 is 11.8 Å². The maximum Gasteiger partial charge on any atom is 0.329 e. The van der Waals surface area contributed by atoms with Crippen LogP contribution in [0.1, 0.15) is 101 Å². The minimum Gasteiger partial charge on any atom is -0.456 e. The number of unbranched alkanes of at least 4 members (excludes halogenated alkanes) is 4. The Morgan fingerprint density at radius 1 is 1.12 bits per heavy atom. The average molecular weight is 615 g/mol. The molecule has 2 bridgehead atoms. The summed E-state index contributed by atoms with van der Waals surface area (Å²) in [5, 5.41) is 8.18. The van der Waals surface area contributed by atoms with E-state index >= 15 is 0 Å². The number of aromatic nitrogens is 1. The molecule has 43 heavy (non-hydrogen) atoms. The molecule has 0 radical (unpaired) electrons. The monoisotopic (exact) mass is 614 g/mol. The molecular formula is C32H46N4O6S. The number of pyridine rings is 1. The minimum absolute atomic E-state index is 0.0279. The molecule has 11 heteroatoms. The Kier molecular flexibility index (Phi) is 15.7. The highest BCUT2D eigenvalue weighted by Crippen LogP contribution is 2.15. The highest BCUT2D eigenvalue weighted by molar-refractivity contribution is 8.13. The van der Waals surface area contributed by atoms with Gasteiger partial charge in [-0.2, -0.15) is 0 Å². The van der Waals surface area contributed by atoms with Gasteiger partial charge in [0.05, 0.1) is 18.7 Å². The average Bonchev–Trinajstić information content (AvgIpc) is 2.96. The Bertz CT molecular complexity index is 1200. The van der Waals surface area contributed by atoms with E-state index in [1.165, 1.54) is 30.7 Å². The largest absolute Gasteiger partial charge is 0.456 e. The SMILES string of the molecule is C/C=C1\NC(=O)c2nc(ccc2C)CNC(=O)C[C@@H](/C=C/CCSC(=O)CCCCCCC)OC(=O)[C@H](C(C)C)NC1=O. The van der Waals surface area contributed by atoms with Crippen LogP contribution in [0, 0.1) is 12.8 Å². The van der Waals surface area contributed by atoms with Crippen LogP contribution in [0.15, 0.2) is 36.1 Å². The number of ether oxygens (including phenoxy) is 1. The first-order chi connectivity index (χ1) is 20.5. The predicted octanol–water partition coefficient (Wildman–Crippen LogP) is 4.66. The summed E-state index contributed by atoms with van der Waals surface area (Å²) in [4.78, 5) is 68.6. The molecular weight excluding hydrogens is 568 g/mol. The maximum absolute atomic E-state index is 13.2. The lowest BCUT2D eigenvalue weighted by atomic mass is 10.0. The lowest BCUT2D eigenvalue weighted by Crippen LogP contribution is -2.48. The van der Waals surface area contributed by atoms with Crippen molar-refractivity contribution in [3.63, 3.8) is 0 Å². The number of amides is 3. The lowest BCUT2D eigenvalue weighted by Gasteiger charge is -2.24. The summed E-state index contributed by atoms with van der Waals surface area (Å²) >= 11 is 1.29. The van der Waals surface area contributed by atoms with Gasteiger partial charge < -0.3 is 20.7 Å². The van der Waals surface area contributed by atoms with Crippen LogP contribution in [-0.4, -0.2) is 51.7 Å². The fourth-order valence-electron chi connectivity index (χ4n) is 4.31. The second-order valence-corrected chi connectivity index (χ2v) is 12.0. The van der Waals surface area contributed by atoms with Gasteiger partial charge in [-0.25, -0.2) is 9.78 Å². The van der Waals surface area contributed by atoms with Crippen LogP contribution in [0.3, 0.4) is 0 Å². The molecule has 10 nitrogen and oxygen atoms in total. The zero-order valence-corrected chi connectivity index (χ0v) is 26.8. The van der Waals surface area contributed by atoms with Crippen LogP contribution < -0.4 is 16.0 Å². The molecule has 0 saturated carbocycles. The second kappa shape index (κ2) is 18.9. The number of carbonyl (C=O) groups is 5. The Labute approximate surface area is 259 Å². The van der Waals surface area contributed by atoms with Gasteiger partial charge in [-0.3, -0.25) is 19.2 Å². The summed E-state index contributed by atoms with van der Waals surface area (Å²) in [6.45, 7) is 9.06. The summed E-state index contributed by atoms with van der Waals surface area (Å²) in [5.74, 6) is -2.06. The van der Waals surface area contributed by atoms with Crippen LogP contribution in [0.5, 0.6) is 0 Å². The molecule has 2 atom stereocenters. The fourth-order valence-corrected chi connectivity index (χ4v) is 5.08. The first-order valence-corrected chi connectivity index (χ1v) is 16.1. The Hall–Kier alpha value is -3.47. The topological polar surface area (TPSA) is 144 Å². The van der Waals surface area contributed by atoms with E-state index in [4.69, 9.17) is 4.74 Å². The Morgan fingerprint density at radius 3 is 2.56 bits per heavy atom. The third kappa shape index (κ3) is 12.7. The number of allylic oxidation sites excluding steroid dienone is 2. The number of hydrogen-bond donors (Lipinski definition) is 3. The third-order valence-corrected chi connectivity index (χ3v) is 7.83. The zero-order chi connectivity index (χ0) is 31.8. The van der Waals surface area contributed by atoms with Gasteiger partial charge in [0.25, 0.3) is 11.8 Å². The quantitative estimate of drug-likeness (QED) is 0.141. The van der Waals surface area contributed by atoms with Crippen molar-refractivity contribution in [1.29, 1.82) is 0 Å². The number of nitrogens with one attached hydrogen (secondary N) is 3. The first-order valence-electron chi connectivity index (χ1n) is 15.1. The molecule has 1 aromatic rings. The number of carbonyl (C=O) groups excluding carboxylic acids is 5. The minimum atomic E-state index is -1.03. The van der Waals surface area contributed by atoms with Crippen molar-refractivity contribution in [2.45, 2.75) is 105 Å². The smallest absolute Gasteiger partial charge is 0.329 e. The van der Waals surface area contributed by atoms with Crippen molar-refractivity contribution in [1.82, 2.24) is 20.9 Å². The number of cyclic esters (lactones) is 1. The lowest BCUT2D eigenvalue weighted by molar-refractivity contribution is -0.153. The molecule has 0 saturated heterocycles. The summed E-state index contributed by atoms with van der Waals surface area (Å²) in [6, 6.07) is 2.40. The number of thioether (sulfide) groups is 1. The van der Waals surface area contributed by atoms with Crippen molar-refractivity contribution in [2.24, 2.45) is 5.92 Å².